The van der Waals surface area contributed by atoms with Crippen molar-refractivity contribution in [3.05, 3.63) is 35.9 Å². The molecule has 0 heterocycles. The molecular formula is C15H23NO4. The molecule has 0 fully saturated rings. The lowest BCUT2D eigenvalue weighted by molar-refractivity contribution is -0.128. The first-order valence-electron chi connectivity index (χ1n) is 6.56. The molecule has 0 saturated heterocycles. The molecule has 0 bridgehead atoms. The first kappa shape index (κ1) is 16.5. The fraction of sp³-hybridized carbons (Fsp3) is 0.533. The van der Waals surface area contributed by atoms with E-state index in [2.05, 4.69) is 5.32 Å². The molecule has 0 aromatic heterocycles. The van der Waals surface area contributed by atoms with Gasteiger partial charge in [0, 0.05) is 7.11 Å². The second-order valence-electron chi connectivity index (χ2n) is 5.34. The lowest BCUT2D eigenvalue weighted by atomic mass is 10.2. The SMILES string of the molecule is COC(CNC(=O)OC(C)(C)C)OCc1ccccc1. The fourth-order valence-electron chi connectivity index (χ4n) is 1.45. The van der Waals surface area contributed by atoms with E-state index in [-0.39, 0.29) is 6.54 Å². The lowest BCUT2D eigenvalue weighted by Gasteiger charge is -2.21. The summed E-state index contributed by atoms with van der Waals surface area (Å²) in [6, 6.07) is 9.77. The van der Waals surface area contributed by atoms with Gasteiger partial charge in [-0.1, -0.05) is 30.3 Å². The molecule has 0 radical (unpaired) electrons. The summed E-state index contributed by atoms with van der Waals surface area (Å²) >= 11 is 0. The van der Waals surface area contributed by atoms with E-state index in [1.54, 1.807) is 0 Å². The predicted molar refractivity (Wildman–Crippen MR) is 76.3 cm³/mol. The van der Waals surface area contributed by atoms with Crippen LogP contribution in [0.3, 0.4) is 0 Å². The molecule has 0 aliphatic heterocycles. The van der Waals surface area contributed by atoms with Gasteiger partial charge in [0.05, 0.1) is 13.2 Å². The van der Waals surface area contributed by atoms with Crippen molar-refractivity contribution < 1.29 is 19.0 Å². The molecule has 1 unspecified atom stereocenters. The van der Waals surface area contributed by atoms with Crippen molar-refractivity contribution in [1.82, 2.24) is 5.32 Å². The van der Waals surface area contributed by atoms with Crippen LogP contribution < -0.4 is 5.32 Å². The quantitative estimate of drug-likeness (QED) is 0.815. The Balaban J connectivity index is 2.31. The van der Waals surface area contributed by atoms with Crippen molar-refractivity contribution in [2.45, 2.75) is 39.3 Å². The molecule has 5 nitrogen and oxygen atoms in total. The highest BCUT2D eigenvalue weighted by atomic mass is 16.7. The first-order valence-corrected chi connectivity index (χ1v) is 6.56. The van der Waals surface area contributed by atoms with Gasteiger partial charge in [-0.05, 0) is 26.3 Å². The van der Waals surface area contributed by atoms with E-state index in [4.69, 9.17) is 14.2 Å². The van der Waals surface area contributed by atoms with E-state index >= 15 is 0 Å². The Bertz CT molecular complexity index is 400. The number of carbonyl (C=O) groups excluding carboxylic acids is 1. The molecule has 5 heteroatoms. The maximum absolute atomic E-state index is 11.5. The first-order chi connectivity index (χ1) is 9.40. The van der Waals surface area contributed by atoms with Crippen LogP contribution in [0.1, 0.15) is 26.3 Å². The number of ether oxygens (including phenoxy) is 3. The van der Waals surface area contributed by atoms with Crippen LogP contribution >= 0.6 is 0 Å². The third kappa shape index (κ3) is 7.11. The molecule has 112 valence electrons. The van der Waals surface area contributed by atoms with E-state index < -0.39 is 18.0 Å². The van der Waals surface area contributed by atoms with Crippen molar-refractivity contribution in [2.24, 2.45) is 0 Å². The number of hydrogen-bond acceptors (Lipinski definition) is 4. The molecule has 0 saturated carbocycles. The summed E-state index contributed by atoms with van der Waals surface area (Å²) in [6.45, 7) is 6.10. The summed E-state index contributed by atoms with van der Waals surface area (Å²) in [5.41, 5.74) is 0.532. The third-order valence-electron chi connectivity index (χ3n) is 2.35. The summed E-state index contributed by atoms with van der Waals surface area (Å²) in [5.74, 6) is 0. The van der Waals surface area contributed by atoms with Crippen LogP contribution in [0.25, 0.3) is 0 Å². The molecule has 0 aliphatic rings. The standard InChI is InChI=1S/C15H23NO4/c1-15(2,3)20-14(17)16-10-13(18-4)19-11-12-8-6-5-7-9-12/h5-9,13H,10-11H2,1-4H3,(H,16,17). The molecule has 1 amide bonds. The topological polar surface area (TPSA) is 56.8 Å². The monoisotopic (exact) mass is 281 g/mol. The minimum Gasteiger partial charge on any atom is -0.444 e. The van der Waals surface area contributed by atoms with Crippen LogP contribution in [0.2, 0.25) is 0 Å². The Morgan fingerprint density at radius 3 is 2.45 bits per heavy atom. The van der Waals surface area contributed by atoms with Gasteiger partial charge in [-0.2, -0.15) is 0 Å². The molecule has 1 rings (SSSR count). The molecule has 1 aromatic carbocycles. The molecule has 20 heavy (non-hydrogen) atoms. The van der Waals surface area contributed by atoms with Crippen LogP contribution in [0.15, 0.2) is 30.3 Å². The zero-order chi connectivity index (χ0) is 15.0. The van der Waals surface area contributed by atoms with Gasteiger partial charge < -0.3 is 19.5 Å². The Morgan fingerprint density at radius 1 is 1.25 bits per heavy atom. The number of carbonyl (C=O) groups is 1. The summed E-state index contributed by atoms with van der Waals surface area (Å²) in [4.78, 5) is 11.5. The van der Waals surface area contributed by atoms with E-state index in [9.17, 15) is 4.79 Å². The highest BCUT2D eigenvalue weighted by molar-refractivity contribution is 5.67. The maximum Gasteiger partial charge on any atom is 0.407 e. The summed E-state index contributed by atoms with van der Waals surface area (Å²) in [5, 5.41) is 2.62. The predicted octanol–water partition coefficient (Wildman–Crippen LogP) is 2.70. The van der Waals surface area contributed by atoms with Gasteiger partial charge in [-0.25, -0.2) is 4.79 Å². The number of hydrogen-bond donors (Lipinski definition) is 1. The number of alkyl carbamates (subject to hydrolysis) is 1. The number of methoxy groups -OCH3 is 1. The summed E-state index contributed by atoms with van der Waals surface area (Å²) in [6.07, 6.45) is -0.995. The van der Waals surface area contributed by atoms with Crippen LogP contribution in [-0.4, -0.2) is 31.6 Å². The largest absolute Gasteiger partial charge is 0.444 e. The number of rotatable bonds is 6. The second-order valence-corrected chi connectivity index (χ2v) is 5.34. The van der Waals surface area contributed by atoms with E-state index in [1.807, 2.05) is 51.1 Å². The minimum absolute atomic E-state index is 0.234. The number of benzene rings is 1. The number of nitrogens with one attached hydrogen (secondary N) is 1. The maximum atomic E-state index is 11.5. The van der Waals surface area contributed by atoms with Gasteiger partial charge >= 0.3 is 6.09 Å². The molecular weight excluding hydrogens is 258 g/mol. The molecule has 1 N–H and O–H groups in total. The van der Waals surface area contributed by atoms with Crippen LogP contribution in [-0.2, 0) is 20.8 Å². The van der Waals surface area contributed by atoms with E-state index in [1.165, 1.54) is 7.11 Å². The average molecular weight is 281 g/mol. The number of amides is 1. The molecule has 0 spiro atoms. The molecule has 1 atom stereocenters. The molecule has 1 aromatic rings. The van der Waals surface area contributed by atoms with Gasteiger partial charge in [0.2, 0.25) is 0 Å². The average Bonchev–Trinajstić information content (AvgIpc) is 2.38. The highest BCUT2D eigenvalue weighted by Gasteiger charge is 2.17. The van der Waals surface area contributed by atoms with Crippen molar-refractivity contribution in [3.8, 4) is 0 Å². The van der Waals surface area contributed by atoms with Gasteiger partial charge in [-0.3, -0.25) is 0 Å². The van der Waals surface area contributed by atoms with Gasteiger partial charge in [-0.15, -0.1) is 0 Å². The fourth-order valence-corrected chi connectivity index (χ4v) is 1.45. The zero-order valence-corrected chi connectivity index (χ0v) is 12.5. The summed E-state index contributed by atoms with van der Waals surface area (Å²) < 4.78 is 15.9. The molecule has 0 aliphatic carbocycles. The smallest absolute Gasteiger partial charge is 0.407 e. The normalized spacial score (nSPS) is 12.8. The van der Waals surface area contributed by atoms with Crippen molar-refractivity contribution in [1.29, 1.82) is 0 Å². The Labute approximate surface area is 120 Å². The highest BCUT2D eigenvalue weighted by Crippen LogP contribution is 2.07. The van der Waals surface area contributed by atoms with Crippen molar-refractivity contribution >= 4 is 6.09 Å². The van der Waals surface area contributed by atoms with Crippen molar-refractivity contribution in [2.75, 3.05) is 13.7 Å². The Morgan fingerprint density at radius 2 is 1.90 bits per heavy atom. The zero-order valence-electron chi connectivity index (χ0n) is 12.5. The van der Waals surface area contributed by atoms with Crippen LogP contribution in [0.4, 0.5) is 4.79 Å². The van der Waals surface area contributed by atoms with Gasteiger partial charge in [0.25, 0.3) is 0 Å². The van der Waals surface area contributed by atoms with Crippen LogP contribution in [0.5, 0.6) is 0 Å². The van der Waals surface area contributed by atoms with Gasteiger partial charge in [0.1, 0.15) is 5.60 Å². The van der Waals surface area contributed by atoms with E-state index in [0.29, 0.717) is 6.61 Å². The van der Waals surface area contributed by atoms with E-state index in [0.717, 1.165) is 5.56 Å². The Kier molecular flexibility index (Phi) is 6.48. The van der Waals surface area contributed by atoms with Gasteiger partial charge in [0.15, 0.2) is 6.29 Å². The Hall–Kier alpha value is -1.59. The van der Waals surface area contributed by atoms with Crippen LogP contribution in [0, 0.1) is 0 Å². The second kappa shape index (κ2) is 7.87. The lowest BCUT2D eigenvalue weighted by Crippen LogP contribution is -2.38. The summed E-state index contributed by atoms with van der Waals surface area (Å²) in [7, 11) is 1.53. The van der Waals surface area contributed by atoms with Crippen molar-refractivity contribution in [3.63, 3.8) is 0 Å². The third-order valence-corrected chi connectivity index (χ3v) is 2.35. The minimum atomic E-state index is -0.516.